The number of benzene rings is 2. The van der Waals surface area contributed by atoms with Crippen molar-refractivity contribution in [2.75, 3.05) is 11.9 Å². The lowest BCUT2D eigenvalue weighted by Gasteiger charge is -2.10. The molecule has 0 saturated heterocycles. The van der Waals surface area contributed by atoms with Gasteiger partial charge in [0.15, 0.2) is 0 Å². The van der Waals surface area contributed by atoms with E-state index in [-0.39, 0.29) is 12.2 Å². The van der Waals surface area contributed by atoms with Crippen molar-refractivity contribution >= 4 is 17.8 Å². The lowest BCUT2D eigenvalue weighted by atomic mass is 10.1. The number of carbonyl (C=O) groups is 1. The molecular formula is C18H18F3N3O. The Bertz CT molecular complexity index is 785. The molecule has 0 bridgehead atoms. The summed E-state index contributed by atoms with van der Waals surface area (Å²) in [6.45, 7) is 3.73. The predicted octanol–water partition coefficient (Wildman–Crippen LogP) is 3.88. The van der Waals surface area contributed by atoms with Gasteiger partial charge in [0.25, 0.3) is 5.91 Å². The summed E-state index contributed by atoms with van der Waals surface area (Å²) in [6.07, 6.45) is -2.90. The third kappa shape index (κ3) is 5.63. The molecular weight excluding hydrogens is 331 g/mol. The van der Waals surface area contributed by atoms with E-state index >= 15 is 0 Å². The number of rotatable bonds is 5. The van der Waals surface area contributed by atoms with Crippen molar-refractivity contribution in [1.82, 2.24) is 5.43 Å². The van der Waals surface area contributed by atoms with Crippen molar-refractivity contribution in [3.63, 3.8) is 0 Å². The van der Waals surface area contributed by atoms with Crippen LogP contribution in [0.1, 0.15) is 22.3 Å². The number of halogens is 3. The Labute approximate surface area is 143 Å². The fourth-order valence-corrected chi connectivity index (χ4v) is 2.17. The van der Waals surface area contributed by atoms with Crippen LogP contribution in [-0.2, 0) is 11.0 Å². The topological polar surface area (TPSA) is 53.5 Å². The summed E-state index contributed by atoms with van der Waals surface area (Å²) >= 11 is 0. The number of nitrogens with one attached hydrogen (secondary N) is 2. The number of nitrogens with zero attached hydrogens (tertiary/aromatic N) is 1. The van der Waals surface area contributed by atoms with E-state index in [1.54, 1.807) is 0 Å². The first-order chi connectivity index (χ1) is 11.8. The number of hydrogen-bond acceptors (Lipinski definition) is 3. The van der Waals surface area contributed by atoms with Crippen molar-refractivity contribution in [1.29, 1.82) is 0 Å². The van der Waals surface area contributed by atoms with Crippen LogP contribution < -0.4 is 10.7 Å². The Kier molecular flexibility index (Phi) is 5.80. The maximum atomic E-state index is 12.6. The summed E-state index contributed by atoms with van der Waals surface area (Å²) in [5.74, 6) is -0.460. The molecule has 4 nitrogen and oxygen atoms in total. The molecule has 0 aliphatic rings. The number of hydrazone groups is 1. The van der Waals surface area contributed by atoms with E-state index in [0.717, 1.165) is 28.8 Å². The standard InChI is InChI=1S/C18H18F3N3O/c1-12-6-7-14(13(2)8-12)10-23-24-17(25)11-22-16-5-3-4-15(9-16)18(19,20)21/h3-10,22H,11H2,1-2H3,(H,24,25)/b23-10-. The molecule has 0 fully saturated rings. The van der Waals surface area contributed by atoms with Crippen LogP contribution in [0.3, 0.4) is 0 Å². The zero-order valence-electron chi connectivity index (χ0n) is 13.8. The molecule has 0 saturated carbocycles. The Hall–Kier alpha value is -2.83. The van der Waals surface area contributed by atoms with E-state index in [0.29, 0.717) is 0 Å². The molecule has 0 unspecified atom stereocenters. The third-order valence-electron chi connectivity index (χ3n) is 3.46. The lowest BCUT2D eigenvalue weighted by Crippen LogP contribution is -2.26. The Morgan fingerprint density at radius 3 is 2.60 bits per heavy atom. The van der Waals surface area contributed by atoms with Gasteiger partial charge in [0.2, 0.25) is 0 Å². The molecule has 0 aliphatic carbocycles. The Morgan fingerprint density at radius 1 is 1.16 bits per heavy atom. The van der Waals surface area contributed by atoms with E-state index in [1.807, 2.05) is 32.0 Å². The van der Waals surface area contributed by atoms with Crippen LogP contribution in [0.25, 0.3) is 0 Å². The summed E-state index contributed by atoms with van der Waals surface area (Å²) in [4.78, 5) is 11.7. The molecule has 0 aromatic heterocycles. The molecule has 0 spiro atoms. The van der Waals surface area contributed by atoms with Crippen LogP contribution >= 0.6 is 0 Å². The van der Waals surface area contributed by atoms with E-state index in [2.05, 4.69) is 15.8 Å². The third-order valence-corrected chi connectivity index (χ3v) is 3.46. The smallest absolute Gasteiger partial charge is 0.376 e. The second-order valence-electron chi connectivity index (χ2n) is 5.59. The van der Waals surface area contributed by atoms with E-state index in [4.69, 9.17) is 0 Å². The van der Waals surface area contributed by atoms with Crippen LogP contribution in [0, 0.1) is 13.8 Å². The highest BCUT2D eigenvalue weighted by Gasteiger charge is 2.30. The highest BCUT2D eigenvalue weighted by atomic mass is 19.4. The molecule has 25 heavy (non-hydrogen) atoms. The molecule has 2 aromatic carbocycles. The monoisotopic (exact) mass is 349 g/mol. The first kappa shape index (κ1) is 18.5. The molecule has 7 heteroatoms. The number of amides is 1. The van der Waals surface area contributed by atoms with Crippen LogP contribution in [-0.4, -0.2) is 18.7 Å². The Balaban J connectivity index is 1.88. The average Bonchev–Trinajstić information content (AvgIpc) is 2.54. The first-order valence-electron chi connectivity index (χ1n) is 7.56. The molecule has 0 heterocycles. The summed E-state index contributed by atoms with van der Waals surface area (Å²) in [7, 11) is 0. The van der Waals surface area contributed by atoms with Crippen molar-refractivity contribution in [3.8, 4) is 0 Å². The molecule has 0 radical (unpaired) electrons. The second-order valence-corrected chi connectivity index (χ2v) is 5.59. The number of alkyl halides is 3. The zero-order valence-corrected chi connectivity index (χ0v) is 13.8. The molecule has 2 aromatic rings. The van der Waals surface area contributed by atoms with Gasteiger partial charge in [-0.3, -0.25) is 4.79 Å². The van der Waals surface area contributed by atoms with Crippen LogP contribution in [0.2, 0.25) is 0 Å². The fourth-order valence-electron chi connectivity index (χ4n) is 2.17. The number of hydrogen-bond donors (Lipinski definition) is 2. The van der Waals surface area contributed by atoms with Gasteiger partial charge in [-0.25, -0.2) is 5.43 Å². The number of carbonyl (C=O) groups excluding carboxylic acids is 1. The highest BCUT2D eigenvalue weighted by molar-refractivity contribution is 5.85. The lowest BCUT2D eigenvalue weighted by molar-refractivity contribution is -0.137. The minimum atomic E-state index is -4.42. The van der Waals surface area contributed by atoms with Gasteiger partial charge in [0, 0.05) is 5.69 Å². The normalized spacial score (nSPS) is 11.6. The quantitative estimate of drug-likeness (QED) is 0.636. The van der Waals surface area contributed by atoms with Crippen LogP contribution in [0.4, 0.5) is 18.9 Å². The summed E-state index contributed by atoms with van der Waals surface area (Å²) in [6, 6.07) is 10.5. The van der Waals surface area contributed by atoms with Gasteiger partial charge < -0.3 is 5.32 Å². The summed E-state index contributed by atoms with van der Waals surface area (Å²) in [5.41, 5.74) is 4.80. The van der Waals surface area contributed by atoms with Crippen molar-refractivity contribution in [2.45, 2.75) is 20.0 Å². The van der Waals surface area contributed by atoms with Gasteiger partial charge in [-0.05, 0) is 43.2 Å². The van der Waals surface area contributed by atoms with Gasteiger partial charge in [-0.1, -0.05) is 29.8 Å². The molecule has 0 aliphatic heterocycles. The zero-order chi connectivity index (χ0) is 18.4. The van der Waals surface area contributed by atoms with E-state index in [1.165, 1.54) is 18.3 Å². The molecule has 0 atom stereocenters. The Morgan fingerprint density at radius 2 is 1.92 bits per heavy atom. The highest BCUT2D eigenvalue weighted by Crippen LogP contribution is 2.30. The predicted molar refractivity (Wildman–Crippen MR) is 91.6 cm³/mol. The van der Waals surface area contributed by atoms with Gasteiger partial charge in [0.05, 0.1) is 18.3 Å². The first-order valence-corrected chi connectivity index (χ1v) is 7.56. The van der Waals surface area contributed by atoms with E-state index < -0.39 is 17.6 Å². The summed E-state index contributed by atoms with van der Waals surface area (Å²) < 4.78 is 37.9. The van der Waals surface area contributed by atoms with Crippen molar-refractivity contribution < 1.29 is 18.0 Å². The molecule has 2 rings (SSSR count). The number of aryl methyl sites for hydroxylation is 2. The second kappa shape index (κ2) is 7.83. The minimum Gasteiger partial charge on any atom is -0.376 e. The van der Waals surface area contributed by atoms with Crippen molar-refractivity contribution in [2.24, 2.45) is 5.10 Å². The molecule has 1 amide bonds. The molecule has 132 valence electrons. The van der Waals surface area contributed by atoms with Crippen LogP contribution in [0.15, 0.2) is 47.6 Å². The van der Waals surface area contributed by atoms with Gasteiger partial charge in [-0.15, -0.1) is 0 Å². The fraction of sp³-hybridized carbons (Fsp3) is 0.222. The van der Waals surface area contributed by atoms with E-state index in [9.17, 15) is 18.0 Å². The SMILES string of the molecule is Cc1ccc(/C=N\NC(=O)CNc2cccc(C(F)(F)F)c2)c(C)c1. The van der Waals surface area contributed by atoms with Crippen molar-refractivity contribution in [3.05, 3.63) is 64.7 Å². The van der Waals surface area contributed by atoms with Gasteiger partial charge in [0.1, 0.15) is 0 Å². The maximum absolute atomic E-state index is 12.6. The largest absolute Gasteiger partial charge is 0.416 e. The summed E-state index contributed by atoms with van der Waals surface area (Å²) in [5, 5.41) is 6.50. The molecule has 2 N–H and O–H groups in total. The van der Waals surface area contributed by atoms with Crippen LogP contribution in [0.5, 0.6) is 0 Å². The van der Waals surface area contributed by atoms with Gasteiger partial charge in [-0.2, -0.15) is 18.3 Å². The minimum absolute atomic E-state index is 0.189. The number of anilines is 1. The maximum Gasteiger partial charge on any atom is 0.416 e. The average molecular weight is 349 g/mol. The van der Waals surface area contributed by atoms with Gasteiger partial charge >= 0.3 is 6.18 Å².